The maximum absolute atomic E-state index is 11.9. The highest BCUT2D eigenvalue weighted by Crippen LogP contribution is 2.16. The van der Waals surface area contributed by atoms with Gasteiger partial charge < -0.3 is 10.1 Å². The molecule has 0 aromatic heterocycles. The van der Waals surface area contributed by atoms with Crippen molar-refractivity contribution >= 4 is 0 Å². The first-order valence-electron chi connectivity index (χ1n) is 6.34. The third-order valence-electron chi connectivity index (χ3n) is 2.80. The molecule has 0 saturated heterocycles. The molecule has 1 atom stereocenters. The first kappa shape index (κ1) is 16.0. The normalized spacial score (nSPS) is 13.5. The zero-order chi connectivity index (χ0) is 14.1. The van der Waals surface area contributed by atoms with E-state index in [-0.39, 0.29) is 12.5 Å². The average molecular weight is 275 g/mol. The lowest BCUT2D eigenvalue weighted by molar-refractivity contribution is -0.174. The molecule has 19 heavy (non-hydrogen) atoms. The molecule has 0 amide bonds. The Labute approximate surface area is 112 Å². The summed E-state index contributed by atoms with van der Waals surface area (Å²) in [4.78, 5) is 0. The van der Waals surface area contributed by atoms with Crippen LogP contribution in [0.3, 0.4) is 0 Å². The van der Waals surface area contributed by atoms with Gasteiger partial charge in [0.05, 0.1) is 0 Å². The molecule has 1 unspecified atom stereocenters. The van der Waals surface area contributed by atoms with E-state index in [4.69, 9.17) is 0 Å². The van der Waals surface area contributed by atoms with E-state index in [1.54, 1.807) is 0 Å². The van der Waals surface area contributed by atoms with E-state index in [2.05, 4.69) is 10.1 Å². The first-order valence-corrected chi connectivity index (χ1v) is 6.34. The number of hydrogen-bond donors (Lipinski definition) is 1. The fraction of sp³-hybridized carbons (Fsp3) is 0.571. The quantitative estimate of drug-likeness (QED) is 0.736. The van der Waals surface area contributed by atoms with Gasteiger partial charge in [-0.1, -0.05) is 30.3 Å². The van der Waals surface area contributed by atoms with Crippen molar-refractivity contribution in [2.24, 2.45) is 5.92 Å². The molecule has 0 aliphatic heterocycles. The Morgan fingerprint density at radius 1 is 1.21 bits per heavy atom. The lowest BCUT2D eigenvalue weighted by Gasteiger charge is -2.17. The second-order valence-corrected chi connectivity index (χ2v) is 4.57. The smallest absolute Gasteiger partial charge is 0.372 e. The van der Waals surface area contributed by atoms with Gasteiger partial charge in [0, 0.05) is 6.61 Å². The summed E-state index contributed by atoms with van der Waals surface area (Å²) in [6.45, 7) is -0.256. The Kier molecular flexibility index (Phi) is 6.87. The Hall–Kier alpha value is -1.07. The third kappa shape index (κ3) is 7.85. The van der Waals surface area contributed by atoms with Gasteiger partial charge in [-0.25, -0.2) is 0 Å². The highest BCUT2D eigenvalue weighted by Gasteiger charge is 2.27. The third-order valence-corrected chi connectivity index (χ3v) is 2.80. The lowest BCUT2D eigenvalue weighted by atomic mass is 9.96. The molecule has 0 spiro atoms. The van der Waals surface area contributed by atoms with Gasteiger partial charge in [-0.15, -0.1) is 0 Å². The van der Waals surface area contributed by atoms with Crippen molar-refractivity contribution in [1.29, 1.82) is 0 Å². The Morgan fingerprint density at radius 2 is 1.89 bits per heavy atom. The molecule has 0 fully saturated rings. The molecule has 2 nitrogen and oxygen atoms in total. The fourth-order valence-electron chi connectivity index (χ4n) is 1.95. The number of hydrogen-bond acceptors (Lipinski definition) is 2. The number of nitrogens with one attached hydrogen (secondary N) is 1. The number of alkyl halides is 3. The molecule has 0 heterocycles. The standard InChI is InChI=1S/C14H20F3NO/c1-18-10-13(7-8-19-11-14(15,16)17)9-12-5-3-2-4-6-12/h2-6,13,18H,7-11H2,1H3. The second-order valence-electron chi connectivity index (χ2n) is 4.57. The van der Waals surface area contributed by atoms with Crippen molar-refractivity contribution in [2.75, 3.05) is 26.8 Å². The number of ether oxygens (including phenoxy) is 1. The van der Waals surface area contributed by atoms with Gasteiger partial charge in [-0.3, -0.25) is 0 Å². The molecule has 0 saturated carbocycles. The van der Waals surface area contributed by atoms with Crippen molar-refractivity contribution in [2.45, 2.75) is 19.0 Å². The van der Waals surface area contributed by atoms with Crippen LogP contribution in [-0.4, -0.2) is 33.0 Å². The van der Waals surface area contributed by atoms with Gasteiger partial charge in [-0.2, -0.15) is 13.2 Å². The second kappa shape index (κ2) is 8.17. The van der Waals surface area contributed by atoms with Gasteiger partial charge in [0.15, 0.2) is 0 Å². The van der Waals surface area contributed by atoms with E-state index in [9.17, 15) is 13.2 Å². The minimum absolute atomic E-state index is 0.138. The van der Waals surface area contributed by atoms with Crippen LogP contribution in [0.5, 0.6) is 0 Å². The predicted molar refractivity (Wildman–Crippen MR) is 69.1 cm³/mol. The van der Waals surface area contributed by atoms with Crippen LogP contribution < -0.4 is 5.32 Å². The van der Waals surface area contributed by atoms with Gasteiger partial charge in [0.2, 0.25) is 0 Å². The molecule has 0 radical (unpaired) electrons. The fourth-order valence-corrected chi connectivity index (χ4v) is 1.95. The Balaban J connectivity index is 2.32. The van der Waals surface area contributed by atoms with Crippen LogP contribution in [-0.2, 0) is 11.2 Å². The Morgan fingerprint density at radius 3 is 2.47 bits per heavy atom. The molecule has 0 bridgehead atoms. The van der Waals surface area contributed by atoms with Crippen LogP contribution in [0.25, 0.3) is 0 Å². The summed E-state index contributed by atoms with van der Waals surface area (Å²) >= 11 is 0. The van der Waals surface area contributed by atoms with Crippen LogP contribution in [0.2, 0.25) is 0 Å². The molecule has 0 aliphatic rings. The maximum Gasteiger partial charge on any atom is 0.411 e. The van der Waals surface area contributed by atoms with E-state index in [1.807, 2.05) is 37.4 Å². The zero-order valence-electron chi connectivity index (χ0n) is 11.0. The summed E-state index contributed by atoms with van der Waals surface area (Å²) in [5.41, 5.74) is 1.19. The highest BCUT2D eigenvalue weighted by atomic mass is 19.4. The molecule has 0 aliphatic carbocycles. The van der Waals surface area contributed by atoms with Crippen molar-refractivity contribution in [3.8, 4) is 0 Å². The van der Waals surface area contributed by atoms with Crippen molar-refractivity contribution < 1.29 is 17.9 Å². The van der Waals surface area contributed by atoms with E-state index in [0.717, 1.165) is 13.0 Å². The predicted octanol–water partition coefficient (Wildman–Crippen LogP) is 3.03. The van der Waals surface area contributed by atoms with Crippen molar-refractivity contribution in [3.05, 3.63) is 35.9 Å². The van der Waals surface area contributed by atoms with E-state index in [1.165, 1.54) is 5.56 Å². The Bertz CT molecular complexity index is 340. The molecule has 1 aromatic carbocycles. The molecule has 1 N–H and O–H groups in total. The van der Waals surface area contributed by atoms with Crippen LogP contribution in [0.15, 0.2) is 30.3 Å². The summed E-state index contributed by atoms with van der Waals surface area (Å²) in [5, 5.41) is 3.07. The maximum atomic E-state index is 11.9. The lowest BCUT2D eigenvalue weighted by Crippen LogP contribution is -2.24. The van der Waals surface area contributed by atoms with E-state index >= 15 is 0 Å². The topological polar surface area (TPSA) is 21.3 Å². The van der Waals surface area contributed by atoms with E-state index < -0.39 is 12.8 Å². The van der Waals surface area contributed by atoms with Crippen LogP contribution in [0, 0.1) is 5.92 Å². The number of halogens is 3. The summed E-state index contributed by atoms with van der Waals surface area (Å²) in [6.07, 6.45) is -2.78. The van der Waals surface area contributed by atoms with Gasteiger partial charge in [0.1, 0.15) is 6.61 Å². The molecule has 1 rings (SSSR count). The summed E-state index contributed by atoms with van der Waals surface area (Å²) < 4.78 is 40.5. The molecule has 5 heteroatoms. The minimum atomic E-state index is -4.24. The van der Waals surface area contributed by atoms with Crippen LogP contribution in [0.1, 0.15) is 12.0 Å². The van der Waals surface area contributed by atoms with Crippen LogP contribution >= 0.6 is 0 Å². The van der Waals surface area contributed by atoms with Gasteiger partial charge >= 0.3 is 6.18 Å². The minimum Gasteiger partial charge on any atom is -0.372 e. The van der Waals surface area contributed by atoms with Crippen molar-refractivity contribution in [3.63, 3.8) is 0 Å². The molecule has 1 aromatic rings. The zero-order valence-corrected chi connectivity index (χ0v) is 11.0. The molecule has 108 valence electrons. The first-order chi connectivity index (χ1) is 9.01. The monoisotopic (exact) mass is 275 g/mol. The highest BCUT2D eigenvalue weighted by molar-refractivity contribution is 5.15. The SMILES string of the molecule is CNCC(CCOCC(F)(F)F)Cc1ccccc1. The number of benzene rings is 1. The summed E-state index contributed by atoms with van der Waals surface area (Å²) in [7, 11) is 1.84. The van der Waals surface area contributed by atoms with Gasteiger partial charge in [0.25, 0.3) is 0 Å². The van der Waals surface area contributed by atoms with Crippen molar-refractivity contribution in [1.82, 2.24) is 5.32 Å². The number of rotatable bonds is 8. The van der Waals surface area contributed by atoms with Gasteiger partial charge in [-0.05, 0) is 37.9 Å². The largest absolute Gasteiger partial charge is 0.411 e. The van der Waals surface area contributed by atoms with E-state index in [0.29, 0.717) is 6.42 Å². The average Bonchev–Trinajstić information content (AvgIpc) is 2.35. The summed E-state index contributed by atoms with van der Waals surface area (Å²) in [5.74, 6) is 0.278. The molecular weight excluding hydrogens is 255 g/mol. The van der Waals surface area contributed by atoms with Crippen LogP contribution in [0.4, 0.5) is 13.2 Å². The molecular formula is C14H20F3NO. The summed E-state index contributed by atoms with van der Waals surface area (Å²) in [6, 6.07) is 9.93.